The van der Waals surface area contributed by atoms with Gasteiger partial charge in [0.05, 0.1) is 17.6 Å². The topological polar surface area (TPSA) is 75.5 Å². The first-order chi connectivity index (χ1) is 16.3. The van der Waals surface area contributed by atoms with Gasteiger partial charge in [-0.1, -0.05) is 55.7 Å². The molecule has 0 bridgehead atoms. The highest BCUT2D eigenvalue weighted by atomic mass is 32.2. The quantitative estimate of drug-likeness (QED) is 0.485. The minimum absolute atomic E-state index is 0.0215. The summed E-state index contributed by atoms with van der Waals surface area (Å²) >= 11 is 0. The molecule has 1 heterocycles. The van der Waals surface area contributed by atoms with E-state index in [4.69, 9.17) is 0 Å². The molecule has 1 aromatic heterocycles. The van der Waals surface area contributed by atoms with Crippen molar-refractivity contribution >= 4 is 15.9 Å². The van der Waals surface area contributed by atoms with Gasteiger partial charge in [0.15, 0.2) is 0 Å². The van der Waals surface area contributed by atoms with E-state index < -0.39 is 10.0 Å². The lowest BCUT2D eigenvalue weighted by atomic mass is 9.96. The molecule has 3 aromatic rings. The molecular formula is C26H32N4O3S. The van der Waals surface area contributed by atoms with Crippen molar-refractivity contribution < 1.29 is 13.2 Å². The first-order valence-corrected chi connectivity index (χ1v) is 13.2. The third-order valence-electron chi connectivity index (χ3n) is 6.49. The summed E-state index contributed by atoms with van der Waals surface area (Å²) in [6, 6.07) is 16.4. The van der Waals surface area contributed by atoms with Crippen molar-refractivity contribution in [1.82, 2.24) is 19.0 Å². The summed E-state index contributed by atoms with van der Waals surface area (Å²) in [6.07, 6.45) is 8.71. The zero-order chi connectivity index (χ0) is 24.1. The Morgan fingerprint density at radius 2 is 1.74 bits per heavy atom. The number of aromatic nitrogens is 2. The molecule has 1 amide bonds. The van der Waals surface area contributed by atoms with Crippen LogP contribution in [0.4, 0.5) is 0 Å². The molecule has 2 aromatic carbocycles. The van der Waals surface area contributed by atoms with E-state index in [1.807, 2.05) is 41.2 Å². The van der Waals surface area contributed by atoms with Crippen LogP contribution in [0.1, 0.15) is 53.6 Å². The summed E-state index contributed by atoms with van der Waals surface area (Å²) in [4.78, 5) is 14.8. The molecule has 34 heavy (non-hydrogen) atoms. The van der Waals surface area contributed by atoms with Crippen LogP contribution in [0, 0.1) is 0 Å². The van der Waals surface area contributed by atoms with Gasteiger partial charge < -0.3 is 4.90 Å². The van der Waals surface area contributed by atoms with Crippen LogP contribution in [0.2, 0.25) is 0 Å². The molecule has 180 valence electrons. The van der Waals surface area contributed by atoms with Gasteiger partial charge in [-0.2, -0.15) is 9.40 Å². The van der Waals surface area contributed by atoms with Crippen LogP contribution in [0.5, 0.6) is 0 Å². The van der Waals surface area contributed by atoms with E-state index in [1.54, 1.807) is 43.4 Å². The van der Waals surface area contributed by atoms with Crippen molar-refractivity contribution in [2.45, 2.75) is 56.1 Å². The van der Waals surface area contributed by atoms with E-state index in [0.717, 1.165) is 43.2 Å². The predicted molar refractivity (Wildman–Crippen MR) is 132 cm³/mol. The second kappa shape index (κ2) is 10.5. The van der Waals surface area contributed by atoms with Gasteiger partial charge in [0.2, 0.25) is 10.0 Å². The Bertz CT molecular complexity index is 1220. The van der Waals surface area contributed by atoms with Crippen LogP contribution in [0.3, 0.4) is 0 Å². The second-order valence-corrected chi connectivity index (χ2v) is 11.0. The van der Waals surface area contributed by atoms with Gasteiger partial charge >= 0.3 is 0 Å². The first kappa shape index (κ1) is 24.2. The number of benzene rings is 2. The minimum atomic E-state index is -3.66. The number of amides is 1. The van der Waals surface area contributed by atoms with E-state index in [1.165, 1.54) is 10.4 Å². The van der Waals surface area contributed by atoms with Crippen molar-refractivity contribution in [2.24, 2.45) is 0 Å². The van der Waals surface area contributed by atoms with Crippen molar-refractivity contribution in [3.8, 4) is 0 Å². The fraction of sp³-hybridized carbons (Fsp3) is 0.385. The van der Waals surface area contributed by atoms with E-state index in [2.05, 4.69) is 5.10 Å². The molecule has 8 heteroatoms. The number of carbonyl (C=O) groups excluding carboxylic acids is 1. The van der Waals surface area contributed by atoms with Crippen LogP contribution < -0.4 is 0 Å². The zero-order valence-corrected chi connectivity index (χ0v) is 20.6. The van der Waals surface area contributed by atoms with Crippen LogP contribution in [-0.2, 0) is 23.1 Å². The SMILES string of the molecule is CN(Cc1cnn(Cc2ccccc2)c1)C(=O)c1cccc(S(=O)(=O)N(C)C2CCCCC2)c1. The Morgan fingerprint density at radius 1 is 1.00 bits per heavy atom. The lowest BCUT2D eigenvalue weighted by Gasteiger charge is -2.30. The maximum Gasteiger partial charge on any atom is 0.253 e. The zero-order valence-electron chi connectivity index (χ0n) is 19.8. The van der Waals surface area contributed by atoms with Crippen molar-refractivity contribution in [3.05, 3.63) is 83.7 Å². The molecule has 0 radical (unpaired) electrons. The summed E-state index contributed by atoms with van der Waals surface area (Å²) in [5, 5.41) is 4.40. The van der Waals surface area contributed by atoms with Gasteiger partial charge in [-0.15, -0.1) is 0 Å². The second-order valence-electron chi connectivity index (χ2n) is 9.03. The molecule has 1 fully saturated rings. The predicted octanol–water partition coefficient (Wildman–Crippen LogP) is 4.16. The molecule has 7 nitrogen and oxygen atoms in total. The number of hydrogen-bond acceptors (Lipinski definition) is 4. The molecular weight excluding hydrogens is 448 g/mol. The average Bonchev–Trinajstić information content (AvgIpc) is 3.30. The molecule has 0 unspecified atom stereocenters. The van der Waals surface area contributed by atoms with Gasteiger partial charge in [0, 0.05) is 44.0 Å². The highest BCUT2D eigenvalue weighted by Crippen LogP contribution is 2.27. The van der Waals surface area contributed by atoms with Crippen LogP contribution >= 0.6 is 0 Å². The summed E-state index contributed by atoms with van der Waals surface area (Å²) in [6.45, 7) is 1.04. The maximum absolute atomic E-state index is 13.2. The monoisotopic (exact) mass is 480 g/mol. The van der Waals surface area contributed by atoms with E-state index in [9.17, 15) is 13.2 Å². The fourth-order valence-electron chi connectivity index (χ4n) is 4.51. The van der Waals surface area contributed by atoms with Crippen molar-refractivity contribution in [3.63, 3.8) is 0 Å². The molecule has 0 aliphatic heterocycles. The Kier molecular flexibility index (Phi) is 7.48. The molecule has 0 spiro atoms. The molecule has 0 atom stereocenters. The summed E-state index contributed by atoms with van der Waals surface area (Å²) in [7, 11) is -0.290. The van der Waals surface area contributed by atoms with Gasteiger partial charge in [-0.25, -0.2) is 8.42 Å². The van der Waals surface area contributed by atoms with E-state index >= 15 is 0 Å². The minimum Gasteiger partial charge on any atom is -0.337 e. The summed E-state index contributed by atoms with van der Waals surface area (Å²) in [5.74, 6) is -0.229. The van der Waals surface area contributed by atoms with Gasteiger partial charge in [-0.05, 0) is 36.6 Å². The van der Waals surface area contributed by atoms with Gasteiger partial charge in [0.1, 0.15) is 0 Å². The lowest BCUT2D eigenvalue weighted by Crippen LogP contribution is -2.38. The van der Waals surface area contributed by atoms with E-state index in [0.29, 0.717) is 18.7 Å². The molecule has 1 aliphatic rings. The standard InChI is InChI=1S/C26H32N4O3S/c1-28(18-22-17-27-30(20-22)19-21-10-5-3-6-11-21)26(31)23-12-9-15-25(16-23)34(32,33)29(2)24-13-7-4-8-14-24/h3,5-6,9-12,15-17,20,24H,4,7-8,13-14,18-19H2,1-2H3. The normalized spacial score (nSPS) is 14.9. The Labute approximate surface area is 202 Å². The third kappa shape index (κ3) is 5.56. The smallest absolute Gasteiger partial charge is 0.253 e. The lowest BCUT2D eigenvalue weighted by molar-refractivity contribution is 0.0785. The van der Waals surface area contributed by atoms with Gasteiger partial charge in [0.25, 0.3) is 5.91 Å². The third-order valence-corrected chi connectivity index (χ3v) is 8.39. The summed E-state index contributed by atoms with van der Waals surface area (Å²) < 4.78 is 29.8. The molecule has 4 rings (SSSR count). The molecule has 1 saturated carbocycles. The number of hydrogen-bond donors (Lipinski definition) is 0. The molecule has 0 saturated heterocycles. The van der Waals surface area contributed by atoms with E-state index in [-0.39, 0.29) is 16.8 Å². The maximum atomic E-state index is 13.2. The largest absolute Gasteiger partial charge is 0.337 e. The highest BCUT2D eigenvalue weighted by molar-refractivity contribution is 7.89. The van der Waals surface area contributed by atoms with Crippen LogP contribution in [0.15, 0.2) is 71.9 Å². The van der Waals surface area contributed by atoms with Crippen LogP contribution in [0.25, 0.3) is 0 Å². The Hall–Kier alpha value is -2.97. The first-order valence-electron chi connectivity index (χ1n) is 11.7. The van der Waals surface area contributed by atoms with Gasteiger partial charge in [-0.3, -0.25) is 9.48 Å². The van der Waals surface area contributed by atoms with Crippen molar-refractivity contribution in [2.75, 3.05) is 14.1 Å². The summed E-state index contributed by atoms with van der Waals surface area (Å²) in [5.41, 5.74) is 2.42. The van der Waals surface area contributed by atoms with Crippen molar-refractivity contribution in [1.29, 1.82) is 0 Å². The molecule has 0 N–H and O–H groups in total. The number of nitrogens with zero attached hydrogens (tertiary/aromatic N) is 4. The number of sulfonamides is 1. The number of carbonyl (C=O) groups is 1. The Balaban J connectivity index is 1.43. The highest BCUT2D eigenvalue weighted by Gasteiger charge is 2.29. The van der Waals surface area contributed by atoms with Crippen LogP contribution in [-0.4, -0.2) is 53.4 Å². The molecule has 1 aliphatic carbocycles. The number of rotatable bonds is 8. The average molecular weight is 481 g/mol. The fourth-order valence-corrected chi connectivity index (χ4v) is 5.97. The Morgan fingerprint density at radius 3 is 2.47 bits per heavy atom.